The van der Waals surface area contributed by atoms with Gasteiger partial charge in [0.05, 0.1) is 0 Å². The van der Waals surface area contributed by atoms with Crippen LogP contribution >= 0.6 is 11.6 Å². The molecule has 2 heterocycles. The molecular formula is C14H16ClN5O. The topological polar surface area (TPSA) is 82.7 Å². The Morgan fingerprint density at radius 1 is 1.43 bits per heavy atom. The van der Waals surface area contributed by atoms with E-state index in [4.69, 9.17) is 11.6 Å². The molecule has 3 rings (SSSR count). The molecule has 110 valence electrons. The largest absolute Gasteiger partial charge is 0.324 e. The number of hydrogen-bond donors (Lipinski definition) is 3. The van der Waals surface area contributed by atoms with Gasteiger partial charge in [-0.05, 0) is 43.7 Å². The number of amides is 2. The third-order valence-corrected chi connectivity index (χ3v) is 3.60. The molecule has 3 N–H and O–H groups in total. The Morgan fingerprint density at radius 3 is 3.00 bits per heavy atom. The summed E-state index contributed by atoms with van der Waals surface area (Å²) in [6, 6.07) is 3.12. The summed E-state index contributed by atoms with van der Waals surface area (Å²) in [5.74, 6) is 1.29. The third kappa shape index (κ3) is 3.72. The maximum atomic E-state index is 11.9. The molecule has 0 bridgehead atoms. The van der Waals surface area contributed by atoms with Gasteiger partial charge in [-0.3, -0.25) is 10.4 Å². The van der Waals surface area contributed by atoms with Crippen molar-refractivity contribution in [2.24, 2.45) is 5.92 Å². The molecule has 0 atom stereocenters. The van der Waals surface area contributed by atoms with E-state index in [0.29, 0.717) is 16.7 Å². The summed E-state index contributed by atoms with van der Waals surface area (Å²) in [4.78, 5) is 15.9. The zero-order valence-electron chi connectivity index (χ0n) is 11.6. The fourth-order valence-corrected chi connectivity index (χ4v) is 2.22. The van der Waals surface area contributed by atoms with Crippen molar-refractivity contribution in [1.29, 1.82) is 0 Å². The normalized spacial score (nSPS) is 14.0. The quantitative estimate of drug-likeness (QED) is 0.757. The molecule has 0 saturated heterocycles. The third-order valence-electron chi connectivity index (χ3n) is 3.40. The first-order valence-electron chi connectivity index (χ1n) is 6.84. The zero-order chi connectivity index (χ0) is 14.8. The highest BCUT2D eigenvalue weighted by atomic mass is 35.5. The first kappa shape index (κ1) is 13.9. The van der Waals surface area contributed by atoms with Gasteiger partial charge in [0, 0.05) is 23.6 Å². The van der Waals surface area contributed by atoms with Crippen LogP contribution in [0.4, 0.5) is 16.3 Å². The van der Waals surface area contributed by atoms with Crippen LogP contribution in [0.5, 0.6) is 0 Å². The number of nitrogens with one attached hydrogen (secondary N) is 3. The Labute approximate surface area is 127 Å². The molecule has 0 aliphatic heterocycles. The number of urea groups is 1. The van der Waals surface area contributed by atoms with E-state index < -0.39 is 0 Å². The number of aromatic amines is 1. The molecule has 0 unspecified atom stereocenters. The summed E-state index contributed by atoms with van der Waals surface area (Å²) < 4.78 is 0. The molecule has 1 aliphatic rings. The lowest BCUT2D eigenvalue weighted by Crippen LogP contribution is -2.20. The maximum absolute atomic E-state index is 11.9. The van der Waals surface area contributed by atoms with Crippen LogP contribution < -0.4 is 10.6 Å². The van der Waals surface area contributed by atoms with Gasteiger partial charge in [0.1, 0.15) is 5.15 Å². The lowest BCUT2D eigenvalue weighted by molar-refractivity contribution is 0.262. The molecule has 2 amide bonds. The number of rotatable bonds is 4. The van der Waals surface area contributed by atoms with Gasteiger partial charge in [0.2, 0.25) is 0 Å². The second kappa shape index (κ2) is 5.73. The highest BCUT2D eigenvalue weighted by Gasteiger charge is 2.22. The molecule has 1 saturated carbocycles. The lowest BCUT2D eigenvalue weighted by atomic mass is 10.2. The number of aromatic nitrogens is 3. The summed E-state index contributed by atoms with van der Waals surface area (Å²) >= 11 is 5.82. The van der Waals surface area contributed by atoms with Crippen LogP contribution in [-0.4, -0.2) is 21.2 Å². The molecule has 0 aromatic carbocycles. The molecule has 2 aromatic heterocycles. The van der Waals surface area contributed by atoms with Gasteiger partial charge in [-0.25, -0.2) is 9.78 Å². The van der Waals surface area contributed by atoms with Crippen molar-refractivity contribution in [3.63, 3.8) is 0 Å². The van der Waals surface area contributed by atoms with Gasteiger partial charge >= 0.3 is 6.03 Å². The number of nitrogens with zero attached hydrogens (tertiary/aromatic N) is 2. The molecule has 0 spiro atoms. The van der Waals surface area contributed by atoms with E-state index in [9.17, 15) is 4.79 Å². The van der Waals surface area contributed by atoms with E-state index in [0.717, 1.165) is 23.6 Å². The number of carbonyl (C=O) groups is 1. The average molecular weight is 306 g/mol. The summed E-state index contributed by atoms with van der Waals surface area (Å²) in [5, 5.41) is 12.8. The minimum absolute atomic E-state index is 0.336. The van der Waals surface area contributed by atoms with Crippen LogP contribution in [0.2, 0.25) is 5.15 Å². The summed E-state index contributed by atoms with van der Waals surface area (Å²) in [6.45, 7) is 1.85. The van der Waals surface area contributed by atoms with Gasteiger partial charge in [-0.2, -0.15) is 5.10 Å². The van der Waals surface area contributed by atoms with Crippen LogP contribution in [0.15, 0.2) is 18.3 Å². The lowest BCUT2D eigenvalue weighted by Gasteiger charge is -2.08. The molecule has 1 aliphatic carbocycles. The van der Waals surface area contributed by atoms with E-state index >= 15 is 0 Å². The van der Waals surface area contributed by atoms with Crippen molar-refractivity contribution in [3.05, 3.63) is 34.7 Å². The minimum Gasteiger partial charge on any atom is -0.307 e. The molecule has 21 heavy (non-hydrogen) atoms. The van der Waals surface area contributed by atoms with Crippen molar-refractivity contribution in [2.45, 2.75) is 26.2 Å². The highest BCUT2D eigenvalue weighted by Crippen LogP contribution is 2.32. The SMILES string of the molecule is Cc1cnc(Cl)cc1NC(=O)Nc1cc(CC2CC2)[nH]n1. The fraction of sp³-hybridized carbons (Fsp3) is 0.357. The predicted molar refractivity (Wildman–Crippen MR) is 81.6 cm³/mol. The van der Waals surface area contributed by atoms with Gasteiger partial charge < -0.3 is 5.32 Å². The molecule has 7 heteroatoms. The summed E-state index contributed by atoms with van der Waals surface area (Å²) in [6.07, 6.45) is 5.17. The van der Waals surface area contributed by atoms with E-state index in [1.165, 1.54) is 12.8 Å². The Balaban J connectivity index is 1.60. The van der Waals surface area contributed by atoms with Crippen LogP contribution in [0.1, 0.15) is 24.1 Å². The monoisotopic (exact) mass is 305 g/mol. The Kier molecular flexibility index (Phi) is 3.79. The number of anilines is 2. The molecule has 0 radical (unpaired) electrons. The van der Waals surface area contributed by atoms with E-state index in [-0.39, 0.29) is 6.03 Å². The van der Waals surface area contributed by atoms with E-state index in [1.54, 1.807) is 12.3 Å². The second-order valence-corrected chi connectivity index (χ2v) is 5.71. The number of hydrogen-bond acceptors (Lipinski definition) is 3. The minimum atomic E-state index is -0.357. The van der Waals surface area contributed by atoms with Gasteiger partial charge in [0.15, 0.2) is 5.82 Å². The molecular weight excluding hydrogens is 290 g/mol. The number of H-pyrrole nitrogens is 1. The van der Waals surface area contributed by atoms with E-state index in [2.05, 4.69) is 25.8 Å². The zero-order valence-corrected chi connectivity index (χ0v) is 12.4. The Bertz CT molecular complexity index is 665. The maximum Gasteiger partial charge on any atom is 0.324 e. The predicted octanol–water partition coefficient (Wildman–Crippen LogP) is 3.36. The molecule has 6 nitrogen and oxygen atoms in total. The smallest absolute Gasteiger partial charge is 0.307 e. The van der Waals surface area contributed by atoms with Crippen LogP contribution in [0.3, 0.4) is 0 Å². The van der Waals surface area contributed by atoms with Gasteiger partial charge in [-0.15, -0.1) is 0 Å². The molecule has 2 aromatic rings. The van der Waals surface area contributed by atoms with Crippen molar-refractivity contribution in [3.8, 4) is 0 Å². The number of pyridine rings is 1. The Morgan fingerprint density at radius 2 is 2.24 bits per heavy atom. The number of carbonyl (C=O) groups excluding carboxylic acids is 1. The number of aryl methyl sites for hydroxylation is 1. The Hall–Kier alpha value is -2.08. The van der Waals surface area contributed by atoms with Crippen LogP contribution in [0.25, 0.3) is 0 Å². The van der Waals surface area contributed by atoms with Crippen LogP contribution in [-0.2, 0) is 6.42 Å². The second-order valence-electron chi connectivity index (χ2n) is 5.33. The first-order chi connectivity index (χ1) is 10.1. The van der Waals surface area contributed by atoms with Crippen molar-refractivity contribution >= 4 is 29.1 Å². The summed E-state index contributed by atoms with van der Waals surface area (Å²) in [5.41, 5.74) is 2.52. The first-order valence-corrected chi connectivity index (χ1v) is 7.22. The fourth-order valence-electron chi connectivity index (χ4n) is 2.07. The molecule has 1 fully saturated rings. The van der Waals surface area contributed by atoms with Crippen LogP contribution in [0, 0.1) is 12.8 Å². The summed E-state index contributed by atoms with van der Waals surface area (Å²) in [7, 11) is 0. The average Bonchev–Trinajstić information content (AvgIpc) is 3.13. The highest BCUT2D eigenvalue weighted by molar-refractivity contribution is 6.29. The van der Waals surface area contributed by atoms with Gasteiger partial charge in [0.25, 0.3) is 0 Å². The van der Waals surface area contributed by atoms with Crippen molar-refractivity contribution in [2.75, 3.05) is 10.6 Å². The standard InChI is InChI=1S/C14H16ClN5O/c1-8-7-16-12(15)6-11(8)17-14(21)18-13-5-10(19-20-13)4-9-2-3-9/h5-7,9H,2-4H2,1H3,(H3,16,17,18,19,20,21). The van der Waals surface area contributed by atoms with Gasteiger partial charge in [-0.1, -0.05) is 11.6 Å². The van der Waals surface area contributed by atoms with Crippen molar-refractivity contribution < 1.29 is 4.79 Å². The van der Waals surface area contributed by atoms with Crippen molar-refractivity contribution in [1.82, 2.24) is 15.2 Å². The number of halogens is 1. The van der Waals surface area contributed by atoms with E-state index in [1.807, 2.05) is 13.0 Å².